The molecule has 0 saturated carbocycles. The van der Waals surface area contributed by atoms with Gasteiger partial charge in [-0.25, -0.2) is 0 Å². The predicted molar refractivity (Wildman–Crippen MR) is 62.6 cm³/mol. The molecular weight excluding hydrogens is 292 g/mol. The van der Waals surface area contributed by atoms with E-state index in [0.717, 1.165) is 0 Å². The molecule has 10 nitrogen and oxygen atoms in total. The monoisotopic (exact) mass is 312 g/mol. The average Bonchev–Trinajstić information content (AvgIpc) is 2.47. The molecule has 0 aliphatic carbocycles. The van der Waals surface area contributed by atoms with Crippen LogP contribution in [-0.4, -0.2) is 104 Å². The highest BCUT2D eigenvalue weighted by atomic mass is 16.7. The van der Waals surface area contributed by atoms with Crippen molar-refractivity contribution in [1.29, 1.82) is 0 Å². The first-order valence-corrected chi connectivity index (χ1v) is 6.48. The summed E-state index contributed by atoms with van der Waals surface area (Å²) in [5.74, 6) is 0. The van der Waals surface area contributed by atoms with Crippen molar-refractivity contribution >= 4 is 0 Å². The van der Waals surface area contributed by atoms with E-state index in [9.17, 15) is 30.6 Å². The van der Waals surface area contributed by atoms with Gasteiger partial charge in [0.05, 0.1) is 13.2 Å². The van der Waals surface area contributed by atoms with E-state index >= 15 is 0 Å². The van der Waals surface area contributed by atoms with Crippen molar-refractivity contribution in [1.82, 2.24) is 0 Å². The SMILES string of the molecule is OC[C@@H]1O[C@@H](O[C@@H]2[C@H](O)[C@H](O)OC[C@@H]2O)[C@@H](O)[C@H](O)[C@H]1O. The smallest absolute Gasteiger partial charge is 0.187 e. The highest BCUT2D eigenvalue weighted by molar-refractivity contribution is 4.91. The third-order valence-electron chi connectivity index (χ3n) is 3.59. The zero-order valence-electron chi connectivity index (χ0n) is 11.0. The van der Waals surface area contributed by atoms with E-state index in [1.807, 2.05) is 0 Å². The van der Waals surface area contributed by atoms with Crippen molar-refractivity contribution in [3.63, 3.8) is 0 Å². The highest BCUT2D eigenvalue weighted by Crippen LogP contribution is 2.26. The molecule has 2 aliphatic heterocycles. The maximum Gasteiger partial charge on any atom is 0.187 e. The molecule has 124 valence electrons. The molecule has 2 heterocycles. The zero-order valence-corrected chi connectivity index (χ0v) is 11.0. The molecule has 2 aliphatic rings. The minimum Gasteiger partial charge on any atom is -0.394 e. The fourth-order valence-electron chi connectivity index (χ4n) is 2.29. The second-order valence-electron chi connectivity index (χ2n) is 5.08. The fraction of sp³-hybridized carbons (Fsp3) is 1.00. The van der Waals surface area contributed by atoms with Crippen molar-refractivity contribution in [2.75, 3.05) is 13.2 Å². The van der Waals surface area contributed by atoms with Crippen LogP contribution in [0, 0.1) is 0 Å². The average molecular weight is 312 g/mol. The minimum atomic E-state index is -1.66. The standard InChI is InChI=1S/C11H20O10/c12-1-4-5(14)6(15)7(16)11(20-4)21-9-3(13)2-19-10(18)8(9)17/h3-18H,1-2H2/t3-,4-,5-,6+,7-,8-,9-,10+,11-/m0/s1. The molecule has 2 saturated heterocycles. The quantitative estimate of drug-likeness (QED) is 0.268. The first-order chi connectivity index (χ1) is 9.86. The van der Waals surface area contributed by atoms with E-state index in [0.29, 0.717) is 0 Å². The molecule has 7 N–H and O–H groups in total. The van der Waals surface area contributed by atoms with Gasteiger partial charge in [0.1, 0.15) is 42.7 Å². The molecule has 0 amide bonds. The van der Waals surface area contributed by atoms with E-state index in [2.05, 4.69) is 4.74 Å². The van der Waals surface area contributed by atoms with Gasteiger partial charge in [0.25, 0.3) is 0 Å². The van der Waals surface area contributed by atoms with Crippen LogP contribution in [-0.2, 0) is 14.2 Å². The number of hydrogen-bond acceptors (Lipinski definition) is 10. The Hall–Kier alpha value is -0.400. The number of aliphatic hydroxyl groups excluding tert-OH is 7. The molecule has 0 unspecified atom stereocenters. The predicted octanol–water partition coefficient (Wildman–Crippen LogP) is -4.76. The van der Waals surface area contributed by atoms with Gasteiger partial charge in [0, 0.05) is 0 Å². The number of ether oxygens (including phenoxy) is 3. The Balaban J connectivity index is 2.06. The molecule has 0 bridgehead atoms. The molecule has 9 atom stereocenters. The molecular formula is C11H20O10. The third-order valence-corrected chi connectivity index (χ3v) is 3.59. The highest BCUT2D eigenvalue weighted by Gasteiger charge is 2.48. The van der Waals surface area contributed by atoms with Crippen LogP contribution in [0.2, 0.25) is 0 Å². The van der Waals surface area contributed by atoms with Crippen molar-refractivity contribution in [3.05, 3.63) is 0 Å². The maximum atomic E-state index is 9.79. The maximum absolute atomic E-state index is 9.79. The fourth-order valence-corrected chi connectivity index (χ4v) is 2.29. The number of hydrogen-bond donors (Lipinski definition) is 7. The minimum absolute atomic E-state index is 0.305. The topological polar surface area (TPSA) is 169 Å². The summed E-state index contributed by atoms with van der Waals surface area (Å²) in [6.45, 7) is -0.938. The summed E-state index contributed by atoms with van der Waals surface area (Å²) in [5.41, 5.74) is 0. The van der Waals surface area contributed by atoms with Crippen molar-refractivity contribution < 1.29 is 50.0 Å². The van der Waals surface area contributed by atoms with Crippen LogP contribution in [0.15, 0.2) is 0 Å². The van der Waals surface area contributed by atoms with E-state index < -0.39 is 61.9 Å². The van der Waals surface area contributed by atoms with Gasteiger partial charge in [-0.1, -0.05) is 0 Å². The van der Waals surface area contributed by atoms with E-state index in [-0.39, 0.29) is 6.61 Å². The van der Waals surface area contributed by atoms with Crippen LogP contribution < -0.4 is 0 Å². The van der Waals surface area contributed by atoms with Crippen LogP contribution in [0.4, 0.5) is 0 Å². The first kappa shape index (κ1) is 17.0. The molecule has 2 rings (SSSR count). The van der Waals surface area contributed by atoms with Crippen LogP contribution in [0.3, 0.4) is 0 Å². The van der Waals surface area contributed by atoms with Crippen LogP contribution >= 0.6 is 0 Å². The van der Waals surface area contributed by atoms with Gasteiger partial charge < -0.3 is 50.0 Å². The second kappa shape index (κ2) is 6.79. The lowest BCUT2D eigenvalue weighted by molar-refractivity contribution is -0.345. The molecule has 2 fully saturated rings. The Labute approximate surface area is 119 Å². The van der Waals surface area contributed by atoms with E-state index in [1.54, 1.807) is 0 Å². The molecule has 0 spiro atoms. The lowest BCUT2D eigenvalue weighted by Crippen LogP contribution is -2.62. The van der Waals surface area contributed by atoms with E-state index in [1.165, 1.54) is 0 Å². The third kappa shape index (κ3) is 3.35. The Kier molecular flexibility index (Phi) is 5.48. The lowest BCUT2D eigenvalue weighted by Gasteiger charge is -2.43. The van der Waals surface area contributed by atoms with E-state index in [4.69, 9.17) is 14.6 Å². The van der Waals surface area contributed by atoms with Crippen molar-refractivity contribution in [3.8, 4) is 0 Å². The van der Waals surface area contributed by atoms with Gasteiger partial charge in [-0.15, -0.1) is 0 Å². The van der Waals surface area contributed by atoms with Crippen LogP contribution in [0.1, 0.15) is 0 Å². The second-order valence-corrected chi connectivity index (χ2v) is 5.08. The van der Waals surface area contributed by atoms with Crippen molar-refractivity contribution in [2.45, 2.75) is 55.3 Å². The van der Waals surface area contributed by atoms with Gasteiger partial charge >= 0.3 is 0 Å². The summed E-state index contributed by atoms with van der Waals surface area (Å²) in [4.78, 5) is 0. The lowest BCUT2D eigenvalue weighted by atomic mass is 9.98. The zero-order chi connectivity index (χ0) is 15.7. The summed E-state index contributed by atoms with van der Waals surface area (Å²) in [6.07, 6.45) is -13.3. The van der Waals surface area contributed by atoms with Crippen LogP contribution in [0.25, 0.3) is 0 Å². The molecule has 0 aromatic carbocycles. The van der Waals surface area contributed by atoms with Gasteiger partial charge in [-0.3, -0.25) is 0 Å². The summed E-state index contributed by atoms with van der Waals surface area (Å²) in [6, 6.07) is 0. The Morgan fingerprint density at radius 2 is 1.57 bits per heavy atom. The first-order valence-electron chi connectivity index (χ1n) is 6.48. The van der Waals surface area contributed by atoms with Crippen molar-refractivity contribution in [2.24, 2.45) is 0 Å². The Morgan fingerprint density at radius 1 is 0.905 bits per heavy atom. The number of aliphatic hydroxyl groups is 7. The summed E-state index contributed by atoms with van der Waals surface area (Å²) in [7, 11) is 0. The summed E-state index contributed by atoms with van der Waals surface area (Å²) in [5, 5.41) is 66.8. The van der Waals surface area contributed by atoms with Crippen LogP contribution in [0.5, 0.6) is 0 Å². The van der Waals surface area contributed by atoms with Gasteiger partial charge in [-0.05, 0) is 0 Å². The molecule has 21 heavy (non-hydrogen) atoms. The van der Waals surface area contributed by atoms with Gasteiger partial charge in [0.2, 0.25) is 0 Å². The molecule has 0 aromatic rings. The van der Waals surface area contributed by atoms with Gasteiger partial charge in [-0.2, -0.15) is 0 Å². The normalized spacial score (nSPS) is 51.9. The summed E-state index contributed by atoms with van der Waals surface area (Å²) < 4.78 is 15.0. The molecule has 0 aromatic heterocycles. The van der Waals surface area contributed by atoms with Gasteiger partial charge in [0.15, 0.2) is 12.6 Å². The summed E-state index contributed by atoms with van der Waals surface area (Å²) >= 11 is 0. The molecule has 0 radical (unpaired) electrons. The Morgan fingerprint density at radius 3 is 2.19 bits per heavy atom. The number of rotatable bonds is 3. The molecule has 10 heteroatoms. The largest absolute Gasteiger partial charge is 0.394 e. The Bertz CT molecular complexity index is 339.